The molecule has 3 nitrogen and oxygen atoms in total. The molecule has 0 saturated carbocycles. The van der Waals surface area contributed by atoms with Gasteiger partial charge in [-0.25, -0.2) is 0 Å². The number of carbonyl (C=O) groups excluding carboxylic acids is 1. The zero-order valence-corrected chi connectivity index (χ0v) is 13.3. The van der Waals surface area contributed by atoms with Crippen LogP contribution in [0.5, 0.6) is 0 Å². The Morgan fingerprint density at radius 2 is 2.00 bits per heavy atom. The molecule has 0 aromatic heterocycles. The molecule has 0 fully saturated rings. The molecule has 0 aliphatic rings. The topological polar surface area (TPSA) is 38.3 Å². The van der Waals surface area contributed by atoms with Gasteiger partial charge < -0.3 is 0 Å². The van der Waals surface area contributed by atoms with Crippen LogP contribution in [0.25, 0.3) is 0 Å². The Morgan fingerprint density at radius 3 is 2.46 bits per heavy atom. The van der Waals surface area contributed by atoms with Gasteiger partial charge in [0.1, 0.15) is 0 Å². The van der Waals surface area contributed by atoms with Gasteiger partial charge in [-0.05, 0) is 0 Å². The number of hydrogen-bond donors (Lipinski definition) is 1. The fourth-order valence-corrected chi connectivity index (χ4v) is 4.06. The van der Waals surface area contributed by atoms with E-state index in [0.29, 0.717) is 0 Å². The van der Waals surface area contributed by atoms with Gasteiger partial charge in [0.05, 0.1) is 0 Å². The van der Waals surface area contributed by atoms with Gasteiger partial charge in [0.2, 0.25) is 0 Å². The summed E-state index contributed by atoms with van der Waals surface area (Å²) in [6.07, 6.45) is 0. The molecular formula is C9H11HgNO2. The van der Waals surface area contributed by atoms with E-state index < -0.39 is 25.0 Å². The summed E-state index contributed by atoms with van der Waals surface area (Å²) in [5.41, 5.74) is 1.08. The SMILES string of the molecule is CNc1cc[c]([Hg][O]C(C)=O)cc1. The molecule has 0 saturated heterocycles. The van der Waals surface area contributed by atoms with Gasteiger partial charge in [0.15, 0.2) is 0 Å². The molecule has 0 spiro atoms. The molecule has 0 unspecified atom stereocenters. The molecule has 13 heavy (non-hydrogen) atoms. The van der Waals surface area contributed by atoms with E-state index in [1.807, 2.05) is 31.3 Å². The van der Waals surface area contributed by atoms with Crippen molar-refractivity contribution in [3.8, 4) is 0 Å². The van der Waals surface area contributed by atoms with E-state index in [2.05, 4.69) is 5.32 Å². The van der Waals surface area contributed by atoms with Crippen molar-refractivity contribution in [3.05, 3.63) is 24.3 Å². The normalized spacial score (nSPS) is 8.77. The van der Waals surface area contributed by atoms with E-state index in [1.165, 1.54) is 10.00 Å². The third-order valence-electron chi connectivity index (χ3n) is 1.68. The maximum atomic E-state index is 10.6. The minimum absolute atomic E-state index is 0.153. The second-order valence-corrected chi connectivity index (χ2v) is 8.15. The second-order valence-electron chi connectivity index (χ2n) is 2.73. The summed E-state index contributed by atoms with van der Waals surface area (Å²) >= 11 is -1.58. The predicted molar refractivity (Wildman–Crippen MR) is 47.4 cm³/mol. The minimum atomic E-state index is -1.58. The van der Waals surface area contributed by atoms with Crippen LogP contribution in [0.3, 0.4) is 0 Å². The first-order valence-electron chi connectivity index (χ1n) is 4.12. The van der Waals surface area contributed by atoms with Gasteiger partial charge in [0.25, 0.3) is 0 Å². The number of hydrogen-bond acceptors (Lipinski definition) is 3. The van der Waals surface area contributed by atoms with E-state index in [9.17, 15) is 4.79 Å². The van der Waals surface area contributed by atoms with Crippen molar-refractivity contribution in [2.24, 2.45) is 0 Å². The zero-order chi connectivity index (χ0) is 9.68. The Morgan fingerprint density at radius 1 is 1.38 bits per heavy atom. The van der Waals surface area contributed by atoms with Gasteiger partial charge in [0, 0.05) is 0 Å². The van der Waals surface area contributed by atoms with Gasteiger partial charge in [-0.2, -0.15) is 0 Å². The first-order chi connectivity index (χ1) is 6.22. The van der Waals surface area contributed by atoms with E-state index >= 15 is 0 Å². The summed E-state index contributed by atoms with van der Waals surface area (Å²) in [4.78, 5) is 10.6. The van der Waals surface area contributed by atoms with Gasteiger partial charge in [-0.3, -0.25) is 0 Å². The van der Waals surface area contributed by atoms with Crippen molar-refractivity contribution >= 4 is 14.7 Å². The van der Waals surface area contributed by atoms with Crippen LogP contribution in [-0.2, 0) is 32.5 Å². The number of carbonyl (C=O) groups is 1. The average Bonchev–Trinajstić information content (AvgIpc) is 2.15. The quantitative estimate of drug-likeness (QED) is 0.809. The molecule has 0 heterocycles. The number of nitrogens with one attached hydrogen (secondary N) is 1. The fraction of sp³-hybridized carbons (Fsp3) is 0.222. The summed E-state index contributed by atoms with van der Waals surface area (Å²) in [5, 5.41) is 3.04. The van der Waals surface area contributed by atoms with Crippen LogP contribution >= 0.6 is 0 Å². The molecular weight excluding hydrogens is 355 g/mol. The Kier molecular flexibility index (Phi) is 4.22. The molecule has 0 amide bonds. The van der Waals surface area contributed by atoms with Gasteiger partial charge in [-0.15, -0.1) is 0 Å². The van der Waals surface area contributed by atoms with Crippen molar-refractivity contribution < 1.29 is 32.5 Å². The van der Waals surface area contributed by atoms with E-state index in [0.717, 1.165) is 5.69 Å². The standard InChI is InChI=1S/C7H8N.C2H4O2.Hg/c1-8-7-5-3-2-4-6-7;1-2(3)4;/h3-6,8H,1H3;1H3,(H,3,4);/q;;+1/p-1. The zero-order valence-electron chi connectivity index (χ0n) is 7.83. The van der Waals surface area contributed by atoms with Crippen LogP contribution in [0, 0.1) is 0 Å². The number of anilines is 1. The molecule has 0 atom stereocenters. The number of benzene rings is 1. The van der Waals surface area contributed by atoms with Gasteiger partial charge in [-0.1, -0.05) is 0 Å². The van der Waals surface area contributed by atoms with Crippen molar-refractivity contribution in [2.75, 3.05) is 12.4 Å². The Bertz CT molecular complexity index is 284. The molecule has 1 aromatic carbocycles. The van der Waals surface area contributed by atoms with Crippen molar-refractivity contribution in [3.63, 3.8) is 0 Å². The third kappa shape index (κ3) is 3.76. The summed E-state index contributed by atoms with van der Waals surface area (Å²) in [6.45, 7) is 1.46. The Hall–Kier alpha value is -0.575. The van der Waals surface area contributed by atoms with Crippen molar-refractivity contribution in [1.29, 1.82) is 0 Å². The van der Waals surface area contributed by atoms with Crippen LogP contribution in [0.1, 0.15) is 6.92 Å². The van der Waals surface area contributed by atoms with Crippen molar-refractivity contribution in [1.82, 2.24) is 0 Å². The second kappa shape index (κ2) is 5.22. The van der Waals surface area contributed by atoms with E-state index in [-0.39, 0.29) is 5.97 Å². The van der Waals surface area contributed by atoms with E-state index in [4.69, 9.17) is 2.64 Å². The third-order valence-corrected chi connectivity index (χ3v) is 6.95. The predicted octanol–water partition coefficient (Wildman–Crippen LogP) is 0.914. The Balaban J connectivity index is 2.54. The summed E-state index contributed by atoms with van der Waals surface area (Å²) in [5.74, 6) is -0.153. The van der Waals surface area contributed by atoms with Crippen molar-refractivity contribution in [2.45, 2.75) is 6.92 Å². The molecule has 0 radical (unpaired) electrons. The fourth-order valence-electron chi connectivity index (χ4n) is 0.953. The molecule has 1 rings (SSSR count). The van der Waals surface area contributed by atoms with Crippen LogP contribution in [0.2, 0.25) is 0 Å². The van der Waals surface area contributed by atoms with E-state index in [1.54, 1.807) is 0 Å². The van der Waals surface area contributed by atoms with Crippen LogP contribution < -0.4 is 8.39 Å². The molecule has 1 N–H and O–H groups in total. The first-order valence-corrected chi connectivity index (χ1v) is 9.12. The van der Waals surface area contributed by atoms with Crippen LogP contribution in [0.15, 0.2) is 24.3 Å². The summed E-state index contributed by atoms with van der Waals surface area (Å²) in [7, 11) is 1.88. The monoisotopic (exact) mass is 367 g/mol. The molecule has 66 valence electrons. The average molecular weight is 366 g/mol. The Labute approximate surface area is 90.6 Å². The first kappa shape index (κ1) is 10.5. The maximum absolute atomic E-state index is 10.6. The van der Waals surface area contributed by atoms with Crippen LogP contribution in [0.4, 0.5) is 5.69 Å². The molecule has 0 aliphatic heterocycles. The summed E-state index contributed by atoms with van der Waals surface area (Å²) in [6, 6.07) is 8.05. The summed E-state index contributed by atoms with van der Waals surface area (Å²) < 4.78 is 6.28. The molecule has 0 aliphatic carbocycles. The molecule has 0 bridgehead atoms. The number of rotatable bonds is 3. The van der Waals surface area contributed by atoms with Gasteiger partial charge >= 0.3 is 90.8 Å². The van der Waals surface area contributed by atoms with Crippen LogP contribution in [-0.4, -0.2) is 13.0 Å². The molecule has 1 aromatic rings. The molecule has 4 heteroatoms.